The number of rotatable bonds is 2. The fourth-order valence-electron chi connectivity index (χ4n) is 7.48. The van der Waals surface area contributed by atoms with Crippen LogP contribution < -0.4 is 0 Å². The second-order valence-corrected chi connectivity index (χ2v) is 12.0. The van der Waals surface area contributed by atoms with Gasteiger partial charge in [-0.3, -0.25) is 16.5 Å². The Bertz CT molecular complexity index is 969. The van der Waals surface area contributed by atoms with Gasteiger partial charge in [-0.25, -0.2) is 0 Å². The maximum atomic E-state index is 13.1. The van der Waals surface area contributed by atoms with Gasteiger partial charge in [-0.05, 0) is 42.9 Å². The molecule has 0 heterocycles. The number of hydrogen-bond donors (Lipinski definition) is 1. The van der Waals surface area contributed by atoms with E-state index >= 15 is 0 Å². The van der Waals surface area contributed by atoms with Crippen LogP contribution in [0.2, 0.25) is 0 Å². The Hall–Kier alpha value is -0.966. The normalized spacial score (nSPS) is 39.3. The molecular formula is C31H44O4Y-2. The van der Waals surface area contributed by atoms with E-state index < -0.39 is 29.0 Å². The van der Waals surface area contributed by atoms with E-state index in [0.717, 1.165) is 19.3 Å². The molecule has 0 aromatic heterocycles. The summed E-state index contributed by atoms with van der Waals surface area (Å²) in [5, 5.41) is 11.3. The molecule has 3 aliphatic rings. The van der Waals surface area contributed by atoms with Crippen molar-refractivity contribution >= 4 is 11.8 Å². The number of aryl methyl sites for hydroxylation is 2. The average molecular weight is 570 g/mol. The van der Waals surface area contributed by atoms with Crippen molar-refractivity contribution in [1.29, 1.82) is 0 Å². The van der Waals surface area contributed by atoms with Crippen molar-refractivity contribution in [3.05, 3.63) is 54.5 Å². The molecule has 1 radical (unpaired) electrons. The minimum absolute atomic E-state index is 0. The fourth-order valence-corrected chi connectivity index (χ4v) is 7.48. The van der Waals surface area contributed by atoms with Crippen molar-refractivity contribution in [1.82, 2.24) is 0 Å². The minimum atomic E-state index is -0.627. The zero-order valence-corrected chi connectivity index (χ0v) is 26.2. The van der Waals surface area contributed by atoms with E-state index in [9.17, 15) is 14.7 Å². The number of aliphatic hydroxyl groups is 1. The van der Waals surface area contributed by atoms with Gasteiger partial charge >= 0.3 is 0 Å². The van der Waals surface area contributed by atoms with Gasteiger partial charge in [0.15, 0.2) is 5.97 Å². The van der Waals surface area contributed by atoms with Gasteiger partial charge in [-0.1, -0.05) is 54.5 Å². The Morgan fingerprint density at radius 3 is 2.28 bits per heavy atom. The Morgan fingerprint density at radius 1 is 1.19 bits per heavy atom. The van der Waals surface area contributed by atoms with Crippen LogP contribution in [0.4, 0.5) is 0 Å². The maximum Gasteiger partial charge on any atom is 0.164 e. The number of benzene rings is 1. The van der Waals surface area contributed by atoms with Crippen molar-refractivity contribution in [3.8, 4) is 0 Å². The summed E-state index contributed by atoms with van der Waals surface area (Å²) < 4.78 is 5.76. The third kappa shape index (κ3) is 5.16. The molecule has 0 saturated heterocycles. The van der Waals surface area contributed by atoms with Crippen LogP contribution in [0.1, 0.15) is 76.5 Å². The molecule has 5 heteroatoms. The van der Waals surface area contributed by atoms with Crippen molar-refractivity contribution in [2.75, 3.05) is 0 Å². The van der Waals surface area contributed by atoms with Gasteiger partial charge in [-0.15, -0.1) is 6.58 Å². The SMILES string of the molecule is C=C[C@]1(C)C[C@@H](OC([CH2-])=O)[C@]2(C)C(C)CCC3(CCC(=O)C32)[C@@H](C)[C@@H]1O.Cc1c[c-]cc(C)c1C.[Y]. The Morgan fingerprint density at radius 2 is 1.78 bits per heavy atom. The molecule has 3 fully saturated rings. The summed E-state index contributed by atoms with van der Waals surface area (Å²) in [6.45, 7) is 22.1. The number of aliphatic hydroxyl groups excluding tert-OH is 1. The fraction of sp³-hybridized carbons (Fsp3) is 0.645. The number of hydrogen-bond acceptors (Lipinski definition) is 4. The molecule has 4 rings (SSSR count). The monoisotopic (exact) mass is 569 g/mol. The molecule has 4 nitrogen and oxygen atoms in total. The molecule has 3 unspecified atom stereocenters. The number of Topliss-reactive ketones (excluding diaryl/α,β-unsaturated/α-hetero) is 1. The number of ether oxygens (including phenoxy) is 1. The van der Waals surface area contributed by atoms with E-state index in [1.807, 2.05) is 19.1 Å². The summed E-state index contributed by atoms with van der Waals surface area (Å²) in [6.07, 6.45) is 4.47. The van der Waals surface area contributed by atoms with E-state index in [1.165, 1.54) is 16.7 Å². The van der Waals surface area contributed by atoms with Crippen LogP contribution in [0.25, 0.3) is 0 Å². The Balaban J connectivity index is 0.000000386. The molecule has 197 valence electrons. The largest absolute Gasteiger partial charge is 0.485 e. The van der Waals surface area contributed by atoms with Gasteiger partial charge in [0.2, 0.25) is 0 Å². The average Bonchev–Trinajstić information content (AvgIpc) is 3.16. The molecular weight excluding hydrogens is 525 g/mol. The number of esters is 1. The van der Waals surface area contributed by atoms with E-state index in [1.54, 1.807) is 6.08 Å². The van der Waals surface area contributed by atoms with Crippen LogP contribution in [0.3, 0.4) is 0 Å². The van der Waals surface area contributed by atoms with Gasteiger partial charge in [0.25, 0.3) is 0 Å². The van der Waals surface area contributed by atoms with Gasteiger partial charge in [0.1, 0.15) is 11.9 Å². The van der Waals surface area contributed by atoms with Crippen LogP contribution in [0.5, 0.6) is 0 Å². The summed E-state index contributed by atoms with van der Waals surface area (Å²) in [5.74, 6) is -0.235. The summed E-state index contributed by atoms with van der Waals surface area (Å²) in [5.41, 5.74) is 2.78. The van der Waals surface area contributed by atoms with Gasteiger partial charge in [0, 0.05) is 55.9 Å². The van der Waals surface area contributed by atoms with Crippen molar-refractivity contribution < 1.29 is 52.1 Å². The molecule has 1 aromatic rings. The predicted octanol–water partition coefficient (Wildman–Crippen LogP) is 6.14. The van der Waals surface area contributed by atoms with Crippen LogP contribution in [0, 0.1) is 67.8 Å². The topological polar surface area (TPSA) is 63.6 Å². The van der Waals surface area contributed by atoms with Crippen molar-refractivity contribution in [2.45, 2.75) is 92.8 Å². The molecule has 2 bridgehead atoms. The van der Waals surface area contributed by atoms with Gasteiger partial charge in [0.05, 0.1) is 6.10 Å². The number of carbonyl (C=O) groups is 2. The first-order valence-electron chi connectivity index (χ1n) is 13.1. The number of ketones is 1. The maximum absolute atomic E-state index is 13.1. The zero-order valence-electron chi connectivity index (χ0n) is 23.3. The van der Waals surface area contributed by atoms with Crippen molar-refractivity contribution in [3.63, 3.8) is 0 Å². The molecule has 0 aliphatic heterocycles. The molecule has 1 N–H and O–H groups in total. The second-order valence-electron chi connectivity index (χ2n) is 12.0. The first-order chi connectivity index (χ1) is 16.2. The molecule has 0 spiro atoms. The third-order valence-electron chi connectivity index (χ3n) is 10.4. The van der Waals surface area contributed by atoms with E-state index in [4.69, 9.17) is 4.74 Å². The van der Waals surface area contributed by atoms with Crippen LogP contribution in [-0.4, -0.2) is 29.1 Å². The summed E-state index contributed by atoms with van der Waals surface area (Å²) >= 11 is 0. The van der Waals surface area contributed by atoms with Crippen molar-refractivity contribution in [2.24, 2.45) is 34.0 Å². The van der Waals surface area contributed by atoms with Crippen LogP contribution in [-0.2, 0) is 47.0 Å². The van der Waals surface area contributed by atoms with Crippen LogP contribution in [0.15, 0.2) is 24.8 Å². The predicted molar refractivity (Wildman–Crippen MR) is 139 cm³/mol. The summed E-state index contributed by atoms with van der Waals surface area (Å²) in [7, 11) is 0. The van der Waals surface area contributed by atoms with E-state index in [2.05, 4.69) is 61.1 Å². The molecule has 3 aliphatic carbocycles. The molecule has 0 amide bonds. The Kier molecular flexibility index (Phi) is 9.91. The van der Waals surface area contributed by atoms with Gasteiger partial charge < -0.3 is 9.84 Å². The first kappa shape index (κ1) is 31.3. The third-order valence-corrected chi connectivity index (χ3v) is 10.4. The second kappa shape index (κ2) is 11.4. The van der Waals surface area contributed by atoms with Crippen LogP contribution >= 0.6 is 0 Å². The molecule has 36 heavy (non-hydrogen) atoms. The quantitative estimate of drug-likeness (QED) is 0.264. The zero-order chi connectivity index (χ0) is 26.3. The van der Waals surface area contributed by atoms with Gasteiger partial charge in [-0.2, -0.15) is 34.9 Å². The molecule has 8 atom stereocenters. The first-order valence-corrected chi connectivity index (χ1v) is 13.1. The van der Waals surface area contributed by atoms with E-state index in [-0.39, 0.29) is 61.7 Å². The molecule has 1 aromatic carbocycles. The number of carbonyl (C=O) groups excluding carboxylic acids is 2. The van der Waals surface area contributed by atoms with E-state index in [0.29, 0.717) is 12.8 Å². The smallest absolute Gasteiger partial charge is 0.164 e. The molecule has 3 saturated carbocycles. The summed E-state index contributed by atoms with van der Waals surface area (Å²) in [6, 6.07) is 7.10. The summed E-state index contributed by atoms with van der Waals surface area (Å²) in [4.78, 5) is 24.9. The standard InChI is InChI=1S/C22H33O4.C9H11.Y/c1-7-20(5)12-17(26-15(4)23)21(6)13(2)8-10-22(14(3)19(20)25)11-9-16(24)18(21)22;1-7-5-4-6-8(2)9(7)3;/h7,13-14,17-19,25H,1,4,8-12H2,2-3,5-6H3;5-6H,1-3H3;/q2*-1;/t13?,14-,17+,18?,19-,20+,21-,22?;;/m0../s1. The Labute approximate surface area is 243 Å². The minimum Gasteiger partial charge on any atom is -0.485 e.